The highest BCUT2D eigenvalue weighted by molar-refractivity contribution is 7.98. The minimum absolute atomic E-state index is 0.159. The molecule has 1 aromatic heterocycles. The van der Waals surface area contributed by atoms with Gasteiger partial charge in [-0.1, -0.05) is 26.0 Å². The molecule has 0 spiro atoms. The average molecular weight is 458 g/mol. The van der Waals surface area contributed by atoms with Crippen LogP contribution < -0.4 is 10.6 Å². The molecule has 0 fully saturated rings. The average Bonchev–Trinajstić information content (AvgIpc) is 3.19. The van der Waals surface area contributed by atoms with Crippen molar-refractivity contribution < 1.29 is 14.4 Å². The van der Waals surface area contributed by atoms with E-state index in [1.165, 1.54) is 15.6 Å². The van der Waals surface area contributed by atoms with Crippen LogP contribution >= 0.6 is 11.8 Å². The fourth-order valence-corrected chi connectivity index (χ4v) is 3.93. The molecule has 1 aliphatic rings. The maximum absolute atomic E-state index is 12.9. The van der Waals surface area contributed by atoms with Gasteiger partial charge in [0.2, 0.25) is 5.91 Å². The molecular formula is C23H31N5O3S. The lowest BCUT2D eigenvalue weighted by molar-refractivity contribution is -0.132. The van der Waals surface area contributed by atoms with Crippen molar-refractivity contribution in [3.05, 3.63) is 47.3 Å². The van der Waals surface area contributed by atoms with Crippen molar-refractivity contribution in [3.8, 4) is 0 Å². The minimum atomic E-state index is -1.08. The van der Waals surface area contributed by atoms with E-state index in [9.17, 15) is 14.4 Å². The van der Waals surface area contributed by atoms with Crippen molar-refractivity contribution in [2.24, 2.45) is 5.92 Å². The summed E-state index contributed by atoms with van der Waals surface area (Å²) in [5.41, 5.74) is 0.350. The van der Waals surface area contributed by atoms with E-state index in [1.807, 2.05) is 30.5 Å². The first kappa shape index (κ1) is 23.8. The van der Waals surface area contributed by atoms with Crippen molar-refractivity contribution in [1.82, 2.24) is 25.3 Å². The van der Waals surface area contributed by atoms with Crippen LogP contribution in [0.1, 0.15) is 53.7 Å². The Morgan fingerprint density at radius 1 is 1.22 bits per heavy atom. The Morgan fingerprint density at radius 3 is 2.53 bits per heavy atom. The second kappa shape index (κ2) is 9.77. The number of aromatic nitrogens is 2. The highest BCUT2D eigenvalue weighted by atomic mass is 32.2. The molecule has 3 rings (SSSR count). The summed E-state index contributed by atoms with van der Waals surface area (Å²) in [6, 6.07) is 9.42. The lowest BCUT2D eigenvalue weighted by atomic mass is 9.95. The molecule has 172 valence electrons. The molecule has 2 aromatic rings. The Labute approximate surface area is 193 Å². The number of hydrogen-bond acceptors (Lipinski definition) is 5. The van der Waals surface area contributed by atoms with Crippen molar-refractivity contribution in [1.29, 1.82) is 0 Å². The van der Waals surface area contributed by atoms with Gasteiger partial charge in [0, 0.05) is 31.1 Å². The number of likely N-dealkylation sites (N-methyl/N-ethyl adjacent to an activating group) is 1. The molecule has 2 heterocycles. The summed E-state index contributed by atoms with van der Waals surface area (Å²) in [6.45, 7) is 6.99. The maximum Gasteiger partial charge on any atom is 0.272 e. The summed E-state index contributed by atoms with van der Waals surface area (Å²) in [4.78, 5) is 41.1. The molecule has 8 nitrogen and oxygen atoms in total. The van der Waals surface area contributed by atoms with E-state index in [-0.39, 0.29) is 30.0 Å². The van der Waals surface area contributed by atoms with E-state index < -0.39 is 5.54 Å². The van der Waals surface area contributed by atoms with Crippen LogP contribution in [-0.4, -0.2) is 57.8 Å². The Kier molecular flexibility index (Phi) is 7.28. The summed E-state index contributed by atoms with van der Waals surface area (Å²) < 4.78 is 1.46. The van der Waals surface area contributed by atoms with Gasteiger partial charge in [0.05, 0.1) is 6.54 Å². The van der Waals surface area contributed by atoms with Gasteiger partial charge in [0.15, 0.2) is 5.69 Å². The Bertz CT molecular complexity index is 1000. The number of fused-ring (bicyclic) bond motifs is 1. The van der Waals surface area contributed by atoms with Crippen molar-refractivity contribution in [2.45, 2.75) is 50.7 Å². The number of thioether (sulfide) groups is 1. The smallest absolute Gasteiger partial charge is 0.272 e. The van der Waals surface area contributed by atoms with Gasteiger partial charge in [-0.25, -0.2) is 0 Å². The number of carbonyl (C=O) groups excluding carboxylic acids is 3. The predicted molar refractivity (Wildman–Crippen MR) is 125 cm³/mol. The van der Waals surface area contributed by atoms with Gasteiger partial charge in [-0.3, -0.25) is 19.1 Å². The first-order valence-corrected chi connectivity index (χ1v) is 11.9. The van der Waals surface area contributed by atoms with Gasteiger partial charge in [0.25, 0.3) is 11.8 Å². The van der Waals surface area contributed by atoms with Crippen LogP contribution in [0.25, 0.3) is 0 Å². The number of nitrogens with zero attached hydrogens (tertiary/aromatic N) is 3. The van der Waals surface area contributed by atoms with Gasteiger partial charge >= 0.3 is 0 Å². The summed E-state index contributed by atoms with van der Waals surface area (Å²) >= 11 is 1.66. The van der Waals surface area contributed by atoms with Crippen LogP contribution in [0.5, 0.6) is 0 Å². The minimum Gasteiger partial charge on any atom is -0.354 e. The number of rotatable bonds is 8. The summed E-state index contributed by atoms with van der Waals surface area (Å²) in [5, 5.41) is 10.1. The predicted octanol–water partition coefficient (Wildman–Crippen LogP) is 2.54. The lowest BCUT2D eigenvalue weighted by Crippen LogP contribution is -2.62. The van der Waals surface area contributed by atoms with Crippen LogP contribution in [0.3, 0.4) is 0 Å². The molecule has 0 radical (unpaired) electrons. The number of carbonyl (C=O) groups is 3. The maximum atomic E-state index is 12.9. The van der Waals surface area contributed by atoms with Crippen LogP contribution in [0.4, 0.5) is 0 Å². The third kappa shape index (κ3) is 4.98. The molecule has 0 unspecified atom stereocenters. The molecular weight excluding hydrogens is 426 g/mol. The number of hydrogen-bond donors (Lipinski definition) is 2. The van der Waals surface area contributed by atoms with Crippen LogP contribution in [0.15, 0.2) is 35.2 Å². The molecule has 0 aliphatic carbocycles. The summed E-state index contributed by atoms with van der Waals surface area (Å²) in [7, 11) is 1.61. The van der Waals surface area contributed by atoms with E-state index in [1.54, 1.807) is 25.7 Å². The van der Waals surface area contributed by atoms with Crippen molar-refractivity contribution >= 4 is 29.5 Å². The Morgan fingerprint density at radius 2 is 1.91 bits per heavy atom. The second-order valence-corrected chi connectivity index (χ2v) is 9.56. The topological polar surface area (TPSA) is 96.3 Å². The molecule has 1 aliphatic heterocycles. The zero-order chi connectivity index (χ0) is 23.5. The zero-order valence-electron chi connectivity index (χ0n) is 19.3. The first-order valence-electron chi connectivity index (χ1n) is 10.7. The molecule has 3 amide bonds. The van der Waals surface area contributed by atoms with E-state index in [0.717, 1.165) is 16.9 Å². The highest BCUT2D eigenvalue weighted by Crippen LogP contribution is 2.26. The van der Waals surface area contributed by atoms with Gasteiger partial charge in [-0.2, -0.15) is 5.10 Å². The third-order valence-corrected chi connectivity index (χ3v) is 6.59. The van der Waals surface area contributed by atoms with Gasteiger partial charge in [-0.15, -0.1) is 11.8 Å². The number of amides is 3. The standard InChI is InChI=1S/C23H31N5O3S/c1-15(2)10-11-24-22(31)23(3)14-28-19(21(30)27(23)4)12-18(26-28)20(29)25-13-16-6-8-17(32-5)9-7-16/h6-9,12,15H,10-11,13-14H2,1-5H3,(H,24,31)(H,25,29)/t23-/m0/s1. The second-order valence-electron chi connectivity index (χ2n) is 8.68. The van der Waals surface area contributed by atoms with E-state index >= 15 is 0 Å². The van der Waals surface area contributed by atoms with Gasteiger partial charge in [-0.05, 0) is 43.2 Å². The molecule has 0 saturated heterocycles. The van der Waals surface area contributed by atoms with Crippen molar-refractivity contribution in [2.75, 3.05) is 19.8 Å². The number of benzene rings is 1. The molecule has 1 aromatic carbocycles. The quantitative estimate of drug-likeness (QED) is 0.594. The van der Waals surface area contributed by atoms with E-state index in [2.05, 4.69) is 29.6 Å². The summed E-state index contributed by atoms with van der Waals surface area (Å²) in [6.07, 6.45) is 2.87. The third-order valence-electron chi connectivity index (χ3n) is 5.84. The Hall–Kier alpha value is -2.81. The molecule has 9 heteroatoms. The van der Waals surface area contributed by atoms with Crippen LogP contribution in [0.2, 0.25) is 0 Å². The van der Waals surface area contributed by atoms with Crippen LogP contribution in [-0.2, 0) is 17.9 Å². The van der Waals surface area contributed by atoms with Gasteiger partial charge < -0.3 is 15.5 Å². The normalized spacial score (nSPS) is 17.9. The number of nitrogens with one attached hydrogen (secondary N) is 2. The lowest BCUT2D eigenvalue weighted by Gasteiger charge is -2.40. The molecule has 1 atom stereocenters. The monoisotopic (exact) mass is 457 g/mol. The fourth-order valence-electron chi connectivity index (χ4n) is 3.52. The van der Waals surface area contributed by atoms with E-state index in [4.69, 9.17) is 0 Å². The Balaban J connectivity index is 1.70. The highest BCUT2D eigenvalue weighted by Gasteiger charge is 2.46. The molecule has 0 saturated carbocycles. The SMILES string of the molecule is CSc1ccc(CNC(=O)c2cc3n(n2)C[C@@](C)(C(=O)NCCC(C)C)N(C)C3=O)cc1. The zero-order valence-corrected chi connectivity index (χ0v) is 20.1. The molecule has 32 heavy (non-hydrogen) atoms. The van der Waals surface area contributed by atoms with E-state index in [0.29, 0.717) is 24.7 Å². The van der Waals surface area contributed by atoms with Crippen molar-refractivity contribution in [3.63, 3.8) is 0 Å². The fraction of sp³-hybridized carbons (Fsp3) is 0.478. The van der Waals surface area contributed by atoms with Gasteiger partial charge in [0.1, 0.15) is 11.2 Å². The van der Waals surface area contributed by atoms with Crippen LogP contribution in [0, 0.1) is 5.92 Å². The largest absolute Gasteiger partial charge is 0.354 e. The first-order chi connectivity index (χ1) is 15.2. The molecule has 2 N–H and O–H groups in total. The molecule has 0 bridgehead atoms. The summed E-state index contributed by atoms with van der Waals surface area (Å²) in [5.74, 6) is -0.456.